The lowest BCUT2D eigenvalue weighted by atomic mass is 10.0. The molecule has 6 nitrogen and oxygen atoms in total. The van der Waals surface area contributed by atoms with Crippen molar-refractivity contribution in [1.29, 1.82) is 0 Å². The Labute approximate surface area is 94.9 Å². The van der Waals surface area contributed by atoms with Crippen LogP contribution in [0, 0.1) is 5.92 Å². The second-order valence-corrected chi connectivity index (χ2v) is 5.96. The van der Waals surface area contributed by atoms with Gasteiger partial charge in [-0.25, -0.2) is 8.42 Å². The SMILES string of the molecule is CC1CCN(S(=O)(=O)c2ccn[nH]2)C1CN. The molecule has 0 aliphatic carbocycles. The maximum Gasteiger partial charge on any atom is 0.260 e. The van der Waals surface area contributed by atoms with E-state index in [9.17, 15) is 8.42 Å². The average molecular weight is 244 g/mol. The van der Waals surface area contributed by atoms with E-state index in [0.717, 1.165) is 6.42 Å². The minimum atomic E-state index is -3.45. The summed E-state index contributed by atoms with van der Waals surface area (Å²) < 4.78 is 25.9. The summed E-state index contributed by atoms with van der Waals surface area (Å²) in [7, 11) is -3.45. The Morgan fingerprint density at radius 3 is 3.00 bits per heavy atom. The van der Waals surface area contributed by atoms with Crippen molar-refractivity contribution in [2.45, 2.75) is 24.4 Å². The van der Waals surface area contributed by atoms with Crippen LogP contribution in [0.2, 0.25) is 0 Å². The predicted molar refractivity (Wildman–Crippen MR) is 59.1 cm³/mol. The van der Waals surface area contributed by atoms with Crippen LogP contribution in [0.5, 0.6) is 0 Å². The molecule has 2 heterocycles. The number of aromatic amines is 1. The van der Waals surface area contributed by atoms with Crippen molar-refractivity contribution in [3.8, 4) is 0 Å². The van der Waals surface area contributed by atoms with E-state index in [1.165, 1.54) is 16.6 Å². The van der Waals surface area contributed by atoms with Gasteiger partial charge >= 0.3 is 0 Å². The molecule has 7 heteroatoms. The third-order valence-electron chi connectivity index (χ3n) is 3.13. The number of sulfonamides is 1. The number of nitrogens with zero attached hydrogens (tertiary/aromatic N) is 2. The molecule has 0 radical (unpaired) electrons. The Bertz CT molecular complexity index is 442. The molecule has 3 N–H and O–H groups in total. The molecule has 0 spiro atoms. The fraction of sp³-hybridized carbons (Fsp3) is 0.667. The van der Waals surface area contributed by atoms with Gasteiger partial charge in [-0.3, -0.25) is 5.10 Å². The van der Waals surface area contributed by atoms with Crippen molar-refractivity contribution in [3.05, 3.63) is 12.3 Å². The highest BCUT2D eigenvalue weighted by molar-refractivity contribution is 7.89. The Morgan fingerprint density at radius 1 is 1.69 bits per heavy atom. The molecule has 1 aliphatic heterocycles. The Hall–Kier alpha value is -0.920. The first-order valence-electron chi connectivity index (χ1n) is 5.28. The van der Waals surface area contributed by atoms with E-state index in [-0.39, 0.29) is 11.1 Å². The molecule has 1 saturated heterocycles. The van der Waals surface area contributed by atoms with Crippen LogP contribution in [0.1, 0.15) is 13.3 Å². The van der Waals surface area contributed by atoms with Gasteiger partial charge in [0.05, 0.1) is 6.20 Å². The third kappa shape index (κ3) is 1.74. The fourth-order valence-corrected chi connectivity index (χ4v) is 3.78. The first-order valence-corrected chi connectivity index (χ1v) is 6.72. The summed E-state index contributed by atoms with van der Waals surface area (Å²) in [5.74, 6) is 0.308. The van der Waals surface area contributed by atoms with Crippen LogP contribution >= 0.6 is 0 Å². The first-order chi connectivity index (χ1) is 7.57. The minimum Gasteiger partial charge on any atom is -0.329 e. The van der Waals surface area contributed by atoms with Crippen molar-refractivity contribution in [2.24, 2.45) is 11.7 Å². The Kier molecular flexibility index (Phi) is 3.00. The van der Waals surface area contributed by atoms with E-state index >= 15 is 0 Å². The van der Waals surface area contributed by atoms with Crippen LogP contribution in [0.25, 0.3) is 0 Å². The monoisotopic (exact) mass is 244 g/mol. The second-order valence-electron chi connectivity index (χ2n) is 4.11. The lowest BCUT2D eigenvalue weighted by Gasteiger charge is -2.24. The number of hydrogen-bond acceptors (Lipinski definition) is 4. The number of aromatic nitrogens is 2. The smallest absolute Gasteiger partial charge is 0.260 e. The van der Waals surface area contributed by atoms with E-state index in [0.29, 0.717) is 19.0 Å². The number of hydrogen-bond donors (Lipinski definition) is 2. The van der Waals surface area contributed by atoms with Gasteiger partial charge in [-0.05, 0) is 18.4 Å². The van der Waals surface area contributed by atoms with Crippen molar-refractivity contribution < 1.29 is 8.42 Å². The summed E-state index contributed by atoms with van der Waals surface area (Å²) >= 11 is 0. The maximum absolute atomic E-state index is 12.2. The third-order valence-corrected chi connectivity index (χ3v) is 4.99. The van der Waals surface area contributed by atoms with Crippen LogP contribution in [0.3, 0.4) is 0 Å². The standard InChI is InChI=1S/C9H16N4O2S/c1-7-3-5-13(8(7)6-10)16(14,15)9-2-4-11-12-9/h2,4,7-8H,3,5-6,10H2,1H3,(H,11,12). The Morgan fingerprint density at radius 2 is 2.44 bits per heavy atom. The quantitative estimate of drug-likeness (QED) is 0.768. The van der Waals surface area contributed by atoms with Gasteiger partial charge in [0.1, 0.15) is 0 Å². The molecule has 1 aromatic heterocycles. The van der Waals surface area contributed by atoms with E-state index < -0.39 is 10.0 Å². The summed E-state index contributed by atoms with van der Waals surface area (Å²) in [5.41, 5.74) is 5.63. The zero-order chi connectivity index (χ0) is 11.8. The molecule has 16 heavy (non-hydrogen) atoms. The zero-order valence-electron chi connectivity index (χ0n) is 9.13. The van der Waals surface area contributed by atoms with Crippen LogP contribution < -0.4 is 5.73 Å². The Balaban J connectivity index is 2.32. The lowest BCUT2D eigenvalue weighted by molar-refractivity contribution is 0.353. The molecule has 1 aliphatic rings. The van der Waals surface area contributed by atoms with Crippen LogP contribution in [-0.4, -0.2) is 42.1 Å². The molecule has 0 aromatic carbocycles. The molecule has 2 unspecified atom stereocenters. The van der Waals surface area contributed by atoms with Gasteiger partial charge in [-0.1, -0.05) is 6.92 Å². The van der Waals surface area contributed by atoms with E-state index in [4.69, 9.17) is 5.73 Å². The number of H-pyrrole nitrogens is 1. The highest BCUT2D eigenvalue weighted by Gasteiger charge is 2.39. The van der Waals surface area contributed by atoms with Gasteiger partial charge in [-0.15, -0.1) is 0 Å². The van der Waals surface area contributed by atoms with Gasteiger partial charge in [-0.2, -0.15) is 9.40 Å². The van der Waals surface area contributed by atoms with Crippen molar-refractivity contribution >= 4 is 10.0 Å². The summed E-state index contributed by atoms with van der Waals surface area (Å²) in [6, 6.07) is 1.36. The summed E-state index contributed by atoms with van der Waals surface area (Å²) in [6.07, 6.45) is 2.29. The van der Waals surface area contributed by atoms with Crippen molar-refractivity contribution in [2.75, 3.05) is 13.1 Å². The topological polar surface area (TPSA) is 92.1 Å². The van der Waals surface area contributed by atoms with Crippen molar-refractivity contribution in [3.63, 3.8) is 0 Å². The molecular formula is C9H16N4O2S. The normalized spacial score (nSPS) is 27.4. The van der Waals surface area contributed by atoms with Gasteiger partial charge in [0, 0.05) is 19.1 Å². The molecule has 90 valence electrons. The lowest BCUT2D eigenvalue weighted by Crippen LogP contribution is -2.42. The fourth-order valence-electron chi connectivity index (χ4n) is 2.13. The van der Waals surface area contributed by atoms with E-state index in [1.807, 2.05) is 6.92 Å². The molecule has 1 aromatic rings. The molecular weight excluding hydrogens is 228 g/mol. The van der Waals surface area contributed by atoms with Crippen LogP contribution in [0.15, 0.2) is 17.3 Å². The molecule has 2 atom stereocenters. The van der Waals surface area contributed by atoms with E-state index in [2.05, 4.69) is 10.2 Å². The molecule has 1 fully saturated rings. The maximum atomic E-state index is 12.2. The summed E-state index contributed by atoms with van der Waals surface area (Å²) in [4.78, 5) is 0. The number of nitrogens with two attached hydrogens (primary N) is 1. The molecule has 0 saturated carbocycles. The van der Waals surface area contributed by atoms with Gasteiger partial charge < -0.3 is 5.73 Å². The van der Waals surface area contributed by atoms with Crippen LogP contribution in [-0.2, 0) is 10.0 Å². The largest absolute Gasteiger partial charge is 0.329 e. The van der Waals surface area contributed by atoms with Crippen LogP contribution in [0.4, 0.5) is 0 Å². The number of rotatable bonds is 3. The van der Waals surface area contributed by atoms with Gasteiger partial charge in [0.2, 0.25) is 0 Å². The van der Waals surface area contributed by atoms with Crippen molar-refractivity contribution in [1.82, 2.24) is 14.5 Å². The number of nitrogens with one attached hydrogen (secondary N) is 1. The zero-order valence-corrected chi connectivity index (χ0v) is 9.94. The summed E-state index contributed by atoms with van der Waals surface area (Å²) in [5, 5.41) is 6.30. The van der Waals surface area contributed by atoms with E-state index in [1.54, 1.807) is 0 Å². The highest BCUT2D eigenvalue weighted by Crippen LogP contribution is 2.28. The summed E-state index contributed by atoms with van der Waals surface area (Å²) in [6.45, 7) is 2.92. The average Bonchev–Trinajstić information content (AvgIpc) is 2.85. The predicted octanol–water partition coefficient (Wildman–Crippen LogP) is -0.232. The van der Waals surface area contributed by atoms with Gasteiger partial charge in [0.25, 0.3) is 10.0 Å². The first kappa shape index (κ1) is 11.6. The second kappa shape index (κ2) is 4.15. The molecule has 2 rings (SSSR count). The van der Waals surface area contributed by atoms with Gasteiger partial charge in [0.15, 0.2) is 5.03 Å². The molecule has 0 bridgehead atoms. The minimum absolute atomic E-state index is 0.103. The molecule has 0 amide bonds. The highest BCUT2D eigenvalue weighted by atomic mass is 32.2.